The van der Waals surface area contributed by atoms with Crippen molar-refractivity contribution < 1.29 is 13.2 Å². The van der Waals surface area contributed by atoms with Gasteiger partial charge in [-0.15, -0.1) is 0 Å². The minimum atomic E-state index is -3.00. The van der Waals surface area contributed by atoms with Crippen molar-refractivity contribution in [2.24, 2.45) is 5.41 Å². The minimum Gasteiger partial charge on any atom is -0.343 e. The van der Waals surface area contributed by atoms with E-state index in [1.807, 2.05) is 11.9 Å². The summed E-state index contributed by atoms with van der Waals surface area (Å²) >= 11 is 0. The Labute approximate surface area is 127 Å². The van der Waals surface area contributed by atoms with Gasteiger partial charge < -0.3 is 10.2 Å². The van der Waals surface area contributed by atoms with Gasteiger partial charge in [0.25, 0.3) is 0 Å². The molecule has 0 aromatic carbocycles. The zero-order valence-electron chi connectivity index (χ0n) is 13.0. The molecule has 120 valence electrons. The predicted molar refractivity (Wildman–Crippen MR) is 81.7 cm³/mol. The van der Waals surface area contributed by atoms with Crippen LogP contribution >= 0.6 is 0 Å². The number of carbonyl (C=O) groups excluding carboxylic acids is 1. The van der Waals surface area contributed by atoms with Crippen molar-refractivity contribution in [2.45, 2.75) is 63.1 Å². The Balaban J connectivity index is 1.58. The van der Waals surface area contributed by atoms with Gasteiger partial charge in [0.1, 0.15) is 9.84 Å². The summed E-state index contributed by atoms with van der Waals surface area (Å²) in [6, 6.07) is 1.45. The van der Waals surface area contributed by atoms with Gasteiger partial charge in [0.05, 0.1) is 5.75 Å². The largest absolute Gasteiger partial charge is 0.343 e. The maximum atomic E-state index is 12.5. The molecule has 2 saturated heterocycles. The van der Waals surface area contributed by atoms with E-state index in [0.29, 0.717) is 24.5 Å². The lowest BCUT2D eigenvalue weighted by molar-refractivity contribution is -0.133. The Morgan fingerprint density at radius 1 is 1.24 bits per heavy atom. The van der Waals surface area contributed by atoms with Crippen LogP contribution in [0.5, 0.6) is 0 Å². The van der Waals surface area contributed by atoms with Gasteiger partial charge in [0.2, 0.25) is 5.91 Å². The van der Waals surface area contributed by atoms with Crippen LogP contribution in [0.4, 0.5) is 0 Å². The van der Waals surface area contributed by atoms with Crippen molar-refractivity contribution in [3.63, 3.8) is 0 Å². The van der Waals surface area contributed by atoms with Crippen LogP contribution < -0.4 is 5.32 Å². The van der Waals surface area contributed by atoms with Gasteiger partial charge in [0.15, 0.2) is 0 Å². The van der Waals surface area contributed by atoms with Gasteiger partial charge in [-0.2, -0.15) is 0 Å². The van der Waals surface area contributed by atoms with Gasteiger partial charge in [-0.05, 0) is 43.9 Å². The van der Waals surface area contributed by atoms with Crippen molar-refractivity contribution in [1.82, 2.24) is 10.2 Å². The highest BCUT2D eigenvalue weighted by molar-refractivity contribution is 7.90. The van der Waals surface area contributed by atoms with E-state index in [9.17, 15) is 13.2 Å². The quantitative estimate of drug-likeness (QED) is 0.820. The maximum absolute atomic E-state index is 12.5. The van der Waals surface area contributed by atoms with E-state index in [2.05, 4.69) is 5.32 Å². The lowest BCUT2D eigenvalue weighted by Crippen LogP contribution is -2.49. The summed E-state index contributed by atoms with van der Waals surface area (Å²) in [6.45, 7) is 0. The Bertz CT molecular complexity index is 515. The second-order valence-electron chi connectivity index (χ2n) is 7.51. The zero-order chi connectivity index (χ0) is 15.3. The Hall–Kier alpha value is -0.620. The summed E-state index contributed by atoms with van der Waals surface area (Å²) in [5, 5.41) is 3.59. The third-order valence-electron chi connectivity index (χ3n) is 5.44. The number of piperidine rings is 1. The molecule has 1 N–H and O–H groups in total. The molecule has 2 aliphatic heterocycles. The van der Waals surface area contributed by atoms with E-state index in [-0.39, 0.29) is 17.1 Å². The lowest BCUT2D eigenvalue weighted by atomic mass is 9.97. The molecule has 3 aliphatic rings. The second kappa shape index (κ2) is 5.23. The van der Waals surface area contributed by atoms with E-state index in [1.165, 1.54) is 19.1 Å². The molecule has 6 heteroatoms. The Morgan fingerprint density at radius 2 is 1.81 bits per heavy atom. The normalized spacial score (nSPS) is 33.7. The Morgan fingerprint density at radius 3 is 2.29 bits per heavy atom. The number of amides is 1. The number of sulfone groups is 1. The average molecular weight is 314 g/mol. The minimum absolute atomic E-state index is 0.127. The lowest BCUT2D eigenvalue weighted by Gasteiger charge is -2.36. The molecular formula is C15H26N2O3S. The highest BCUT2D eigenvalue weighted by Gasteiger charge is 2.48. The summed E-state index contributed by atoms with van der Waals surface area (Å²) < 4.78 is 23.0. The first kappa shape index (κ1) is 15.3. The fourth-order valence-electron chi connectivity index (χ4n) is 4.10. The van der Waals surface area contributed by atoms with Crippen LogP contribution in [-0.2, 0) is 14.6 Å². The number of carbonyl (C=O) groups is 1. The fraction of sp³-hybridized carbons (Fsp3) is 0.933. The number of nitrogens with zero attached hydrogens (tertiary/aromatic N) is 1. The van der Waals surface area contributed by atoms with Crippen LogP contribution in [0.1, 0.15) is 44.9 Å². The molecule has 3 fully saturated rings. The summed E-state index contributed by atoms with van der Waals surface area (Å²) in [4.78, 5) is 14.4. The second-order valence-corrected chi connectivity index (χ2v) is 9.65. The van der Waals surface area contributed by atoms with Crippen molar-refractivity contribution in [2.75, 3.05) is 19.1 Å². The van der Waals surface area contributed by atoms with E-state index in [4.69, 9.17) is 0 Å². The summed E-state index contributed by atoms with van der Waals surface area (Å²) in [6.07, 6.45) is 7.94. The van der Waals surface area contributed by atoms with Gasteiger partial charge in [-0.3, -0.25) is 4.79 Å². The molecule has 3 rings (SSSR count). The van der Waals surface area contributed by atoms with E-state index >= 15 is 0 Å². The standard InChI is InChI=1S/C15H26N2O3S/c1-17(13-7-11-3-4-12(8-13)16-11)14(18)9-15(5-6-15)10-21(2,19)20/h11-13,16H,3-10H2,1-2H3. The molecular weight excluding hydrogens is 288 g/mol. The number of hydrogen-bond acceptors (Lipinski definition) is 4. The van der Waals surface area contributed by atoms with Crippen molar-refractivity contribution in [3.8, 4) is 0 Å². The first-order valence-electron chi connectivity index (χ1n) is 7.96. The van der Waals surface area contributed by atoms with Crippen LogP contribution in [0.3, 0.4) is 0 Å². The molecule has 2 heterocycles. The Kier molecular flexibility index (Phi) is 3.81. The van der Waals surface area contributed by atoms with Gasteiger partial charge in [-0.25, -0.2) is 8.42 Å². The molecule has 0 radical (unpaired) electrons. The number of hydrogen-bond donors (Lipinski definition) is 1. The number of fused-ring (bicyclic) bond motifs is 2. The summed E-state index contributed by atoms with van der Waals surface area (Å²) in [7, 11) is -1.11. The van der Waals surface area contributed by atoms with E-state index in [0.717, 1.165) is 25.7 Å². The monoisotopic (exact) mass is 314 g/mol. The first-order chi connectivity index (χ1) is 9.76. The SMILES string of the molecule is CN(C(=O)CC1(CS(C)(=O)=O)CC1)C1CC2CCC(C1)N2. The number of rotatable bonds is 5. The van der Waals surface area contributed by atoms with Crippen LogP contribution in [0.15, 0.2) is 0 Å². The molecule has 1 aliphatic carbocycles. The van der Waals surface area contributed by atoms with Crippen LogP contribution in [0, 0.1) is 5.41 Å². The highest BCUT2D eigenvalue weighted by Crippen LogP contribution is 2.50. The van der Waals surface area contributed by atoms with Crippen LogP contribution in [0.2, 0.25) is 0 Å². The summed E-state index contributed by atoms with van der Waals surface area (Å²) in [5.41, 5.74) is -0.259. The van der Waals surface area contributed by atoms with Crippen LogP contribution in [0.25, 0.3) is 0 Å². The molecule has 1 amide bonds. The molecule has 1 saturated carbocycles. The van der Waals surface area contributed by atoms with E-state index < -0.39 is 9.84 Å². The zero-order valence-corrected chi connectivity index (χ0v) is 13.8. The molecule has 2 bridgehead atoms. The van der Waals surface area contributed by atoms with Gasteiger partial charge in [-0.1, -0.05) is 0 Å². The van der Waals surface area contributed by atoms with Crippen LogP contribution in [-0.4, -0.2) is 56.4 Å². The molecule has 5 nitrogen and oxygen atoms in total. The average Bonchev–Trinajstić information content (AvgIpc) is 3.02. The third kappa shape index (κ3) is 3.59. The molecule has 21 heavy (non-hydrogen) atoms. The fourth-order valence-corrected chi connectivity index (χ4v) is 5.60. The van der Waals surface area contributed by atoms with Gasteiger partial charge in [0, 0.05) is 37.8 Å². The topological polar surface area (TPSA) is 66.5 Å². The van der Waals surface area contributed by atoms with Gasteiger partial charge >= 0.3 is 0 Å². The molecule has 0 aromatic rings. The molecule has 0 spiro atoms. The maximum Gasteiger partial charge on any atom is 0.223 e. The highest BCUT2D eigenvalue weighted by atomic mass is 32.2. The predicted octanol–water partition coefficient (Wildman–Crippen LogP) is 0.943. The number of nitrogens with one attached hydrogen (secondary N) is 1. The molecule has 2 unspecified atom stereocenters. The van der Waals surface area contributed by atoms with Crippen molar-refractivity contribution in [3.05, 3.63) is 0 Å². The smallest absolute Gasteiger partial charge is 0.223 e. The third-order valence-corrected chi connectivity index (χ3v) is 6.58. The summed E-state index contributed by atoms with van der Waals surface area (Å²) in [5.74, 6) is 0.291. The van der Waals surface area contributed by atoms with Crippen molar-refractivity contribution in [1.29, 1.82) is 0 Å². The molecule has 2 atom stereocenters. The van der Waals surface area contributed by atoms with Crippen molar-refractivity contribution >= 4 is 15.7 Å². The molecule has 0 aromatic heterocycles. The van der Waals surface area contributed by atoms with E-state index in [1.54, 1.807) is 0 Å². The first-order valence-corrected chi connectivity index (χ1v) is 10.0.